The van der Waals surface area contributed by atoms with Crippen LogP contribution in [0.4, 0.5) is 13.2 Å². The van der Waals surface area contributed by atoms with E-state index in [0.29, 0.717) is 26.2 Å². The molecule has 0 aromatic heterocycles. The number of nitrogens with zero attached hydrogens (tertiary/aromatic N) is 3. The molecule has 0 amide bonds. The Morgan fingerprint density at radius 3 is 2.17 bits per heavy atom. The second-order valence-electron chi connectivity index (χ2n) is 6.39. The molecule has 24 heavy (non-hydrogen) atoms. The predicted molar refractivity (Wildman–Crippen MR) is 93.7 cm³/mol. The van der Waals surface area contributed by atoms with E-state index in [9.17, 15) is 13.2 Å². The lowest BCUT2D eigenvalue weighted by atomic mass is 10.0. The lowest BCUT2D eigenvalue weighted by Gasteiger charge is -2.41. The molecule has 1 fully saturated rings. The van der Waals surface area contributed by atoms with Crippen LogP contribution in [0, 0.1) is 0 Å². The minimum atomic E-state index is -4.11. The maximum Gasteiger partial charge on any atom is 0.401 e. The van der Waals surface area contributed by atoms with Crippen molar-refractivity contribution >= 4 is 0 Å². The number of likely N-dealkylation sites (N-methyl/N-ethyl adjacent to an activating group) is 1. The van der Waals surface area contributed by atoms with Crippen molar-refractivity contribution in [1.29, 1.82) is 0 Å². The maximum absolute atomic E-state index is 12.5. The van der Waals surface area contributed by atoms with Crippen LogP contribution in [-0.4, -0.2) is 66.2 Å². The molecule has 0 aromatic carbocycles. The van der Waals surface area contributed by atoms with Crippen molar-refractivity contribution < 1.29 is 13.2 Å². The third-order valence-electron chi connectivity index (χ3n) is 4.70. The first kappa shape index (κ1) is 21.0. The summed E-state index contributed by atoms with van der Waals surface area (Å²) >= 11 is 0. The zero-order chi connectivity index (χ0) is 18.3. The van der Waals surface area contributed by atoms with Gasteiger partial charge in [0.05, 0.1) is 6.54 Å². The fraction of sp³-hybridized carbons (Fsp3) is 0.778. The molecule has 0 aromatic rings. The van der Waals surface area contributed by atoms with Gasteiger partial charge in [0.1, 0.15) is 0 Å². The standard InChI is InChI=1S/C18H32F3N3/c1-6-9-23(8-3)17(15(4)7-2)16(5)24-12-10-22(11-13-24)14-18(19,20)21/h6,9,16H,7-8,10-14H2,1-5H3/b9-6-,17-15-. The molecule has 3 nitrogen and oxygen atoms in total. The number of hydrogen-bond donors (Lipinski definition) is 0. The van der Waals surface area contributed by atoms with Gasteiger partial charge in [-0.1, -0.05) is 18.6 Å². The second kappa shape index (κ2) is 9.47. The van der Waals surface area contributed by atoms with E-state index in [1.165, 1.54) is 16.2 Å². The van der Waals surface area contributed by atoms with Gasteiger partial charge in [-0.2, -0.15) is 13.2 Å². The van der Waals surface area contributed by atoms with Crippen molar-refractivity contribution in [1.82, 2.24) is 14.7 Å². The van der Waals surface area contributed by atoms with Crippen LogP contribution in [0.5, 0.6) is 0 Å². The summed E-state index contributed by atoms with van der Waals surface area (Å²) in [4.78, 5) is 6.06. The van der Waals surface area contributed by atoms with E-state index in [1.54, 1.807) is 0 Å². The Morgan fingerprint density at radius 2 is 1.75 bits per heavy atom. The molecule has 0 N–H and O–H groups in total. The average molecular weight is 347 g/mol. The van der Waals surface area contributed by atoms with Crippen LogP contribution in [-0.2, 0) is 0 Å². The van der Waals surface area contributed by atoms with Crippen LogP contribution in [0.25, 0.3) is 0 Å². The summed E-state index contributed by atoms with van der Waals surface area (Å²) in [7, 11) is 0. The summed E-state index contributed by atoms with van der Waals surface area (Å²) in [5.74, 6) is 0. The summed E-state index contributed by atoms with van der Waals surface area (Å²) in [6.07, 6.45) is 0.982. The van der Waals surface area contributed by atoms with Crippen molar-refractivity contribution in [3.8, 4) is 0 Å². The largest absolute Gasteiger partial charge is 0.401 e. The smallest absolute Gasteiger partial charge is 0.351 e. The summed E-state index contributed by atoms with van der Waals surface area (Å²) in [5, 5.41) is 0. The van der Waals surface area contributed by atoms with Gasteiger partial charge in [-0.25, -0.2) is 0 Å². The van der Waals surface area contributed by atoms with E-state index in [0.717, 1.165) is 13.0 Å². The summed E-state index contributed by atoms with van der Waals surface area (Å²) < 4.78 is 37.6. The molecule has 1 aliphatic rings. The monoisotopic (exact) mass is 347 g/mol. The summed E-state index contributed by atoms with van der Waals surface area (Å²) in [6.45, 7) is 13.0. The Labute approximate surface area is 144 Å². The third kappa shape index (κ3) is 6.13. The number of alkyl halides is 3. The molecule has 1 atom stereocenters. The first-order valence-electron chi connectivity index (χ1n) is 8.85. The molecule has 1 unspecified atom stereocenters. The lowest BCUT2D eigenvalue weighted by Crippen LogP contribution is -2.53. The fourth-order valence-electron chi connectivity index (χ4n) is 3.29. The zero-order valence-electron chi connectivity index (χ0n) is 15.7. The molecule has 1 aliphatic heterocycles. The van der Waals surface area contributed by atoms with Crippen LogP contribution in [0.2, 0.25) is 0 Å². The predicted octanol–water partition coefficient (Wildman–Crippen LogP) is 4.09. The van der Waals surface area contributed by atoms with Gasteiger partial charge in [-0.3, -0.25) is 9.80 Å². The van der Waals surface area contributed by atoms with Crippen LogP contribution in [0.15, 0.2) is 23.5 Å². The Morgan fingerprint density at radius 1 is 1.17 bits per heavy atom. The Kier molecular flexibility index (Phi) is 8.30. The SMILES string of the molecule is C/C=C\N(CC)/C(=C(/C)CC)C(C)N1CCN(CC(F)(F)F)CC1. The number of rotatable bonds is 7. The van der Waals surface area contributed by atoms with Crippen molar-refractivity contribution in [2.75, 3.05) is 39.3 Å². The molecule has 0 spiro atoms. The highest BCUT2D eigenvalue weighted by Crippen LogP contribution is 2.24. The molecule has 140 valence electrons. The highest BCUT2D eigenvalue weighted by molar-refractivity contribution is 5.19. The molecule has 0 saturated carbocycles. The highest BCUT2D eigenvalue weighted by Gasteiger charge is 2.33. The van der Waals surface area contributed by atoms with Crippen molar-refractivity contribution in [3.63, 3.8) is 0 Å². The van der Waals surface area contributed by atoms with E-state index < -0.39 is 12.7 Å². The Balaban J connectivity index is 2.81. The van der Waals surface area contributed by atoms with Gasteiger partial charge >= 0.3 is 6.18 Å². The van der Waals surface area contributed by atoms with E-state index in [-0.39, 0.29) is 6.04 Å². The van der Waals surface area contributed by atoms with Crippen LogP contribution >= 0.6 is 0 Å². The summed E-state index contributed by atoms with van der Waals surface area (Å²) in [6, 6.07) is 0.203. The third-order valence-corrected chi connectivity index (χ3v) is 4.70. The Hall–Kier alpha value is -1.01. The average Bonchev–Trinajstić information content (AvgIpc) is 2.53. The second-order valence-corrected chi connectivity index (χ2v) is 6.39. The van der Waals surface area contributed by atoms with Gasteiger partial charge in [0.25, 0.3) is 0 Å². The fourth-order valence-corrected chi connectivity index (χ4v) is 3.29. The molecular formula is C18H32F3N3. The minimum absolute atomic E-state index is 0.203. The van der Waals surface area contributed by atoms with Crippen molar-refractivity contribution in [3.05, 3.63) is 23.5 Å². The lowest BCUT2D eigenvalue weighted by molar-refractivity contribution is -0.149. The molecular weight excluding hydrogens is 315 g/mol. The van der Waals surface area contributed by atoms with Crippen LogP contribution in [0.1, 0.15) is 41.0 Å². The molecule has 1 saturated heterocycles. The molecule has 1 heterocycles. The van der Waals surface area contributed by atoms with E-state index in [1.807, 2.05) is 13.0 Å². The van der Waals surface area contributed by atoms with Gasteiger partial charge in [-0.05, 0) is 40.3 Å². The quantitative estimate of drug-likeness (QED) is 0.687. The Bertz CT molecular complexity index is 435. The maximum atomic E-state index is 12.5. The van der Waals surface area contributed by atoms with E-state index in [2.05, 4.69) is 43.7 Å². The van der Waals surface area contributed by atoms with Crippen molar-refractivity contribution in [2.45, 2.75) is 53.3 Å². The van der Waals surface area contributed by atoms with Gasteiger partial charge in [0.2, 0.25) is 0 Å². The van der Waals surface area contributed by atoms with E-state index >= 15 is 0 Å². The number of hydrogen-bond acceptors (Lipinski definition) is 3. The topological polar surface area (TPSA) is 9.72 Å². The number of halogens is 3. The number of allylic oxidation sites excluding steroid dienone is 2. The zero-order valence-corrected chi connectivity index (χ0v) is 15.7. The van der Waals surface area contributed by atoms with Crippen LogP contribution < -0.4 is 0 Å². The molecule has 1 rings (SSSR count). The van der Waals surface area contributed by atoms with Crippen molar-refractivity contribution in [2.24, 2.45) is 0 Å². The molecule has 0 aliphatic carbocycles. The van der Waals surface area contributed by atoms with Gasteiger partial charge < -0.3 is 4.90 Å². The molecule has 6 heteroatoms. The highest BCUT2D eigenvalue weighted by atomic mass is 19.4. The molecule has 0 bridgehead atoms. The van der Waals surface area contributed by atoms with E-state index in [4.69, 9.17) is 0 Å². The van der Waals surface area contributed by atoms with Gasteiger partial charge in [0.15, 0.2) is 0 Å². The first-order chi connectivity index (χ1) is 11.2. The number of piperazine rings is 1. The first-order valence-corrected chi connectivity index (χ1v) is 8.85. The summed E-state index contributed by atoms with van der Waals surface area (Å²) in [5.41, 5.74) is 2.61. The minimum Gasteiger partial charge on any atom is -0.351 e. The normalized spacial score (nSPS) is 20.3. The molecule has 0 radical (unpaired) electrons. The van der Waals surface area contributed by atoms with Crippen LogP contribution in [0.3, 0.4) is 0 Å². The van der Waals surface area contributed by atoms with Gasteiger partial charge in [0, 0.05) is 44.5 Å². The van der Waals surface area contributed by atoms with Gasteiger partial charge in [-0.15, -0.1) is 0 Å².